The lowest BCUT2D eigenvalue weighted by Crippen LogP contribution is -2.21. The predicted molar refractivity (Wildman–Crippen MR) is 103 cm³/mol. The highest BCUT2D eigenvalue weighted by Crippen LogP contribution is 2.41. The Hall–Kier alpha value is -2.79. The van der Waals surface area contributed by atoms with Crippen LogP contribution >= 0.6 is 11.6 Å². The maximum absolute atomic E-state index is 13.3. The number of carbonyl (C=O) groups is 2. The number of aromatic nitrogens is 1. The molecule has 1 N–H and O–H groups in total. The number of ether oxygens (including phenoxy) is 1. The Kier molecular flexibility index (Phi) is 4.40. The maximum atomic E-state index is 13.3. The quantitative estimate of drug-likeness (QED) is 0.723. The number of carboxylic acids is 1. The molecule has 27 heavy (non-hydrogen) atoms. The molecular formula is C21H18ClNO4. The van der Waals surface area contributed by atoms with Crippen LogP contribution in [0.25, 0.3) is 10.9 Å². The van der Waals surface area contributed by atoms with E-state index in [1.165, 1.54) is 0 Å². The van der Waals surface area contributed by atoms with Gasteiger partial charge < -0.3 is 9.84 Å². The molecule has 138 valence electrons. The molecule has 0 radical (unpaired) electrons. The van der Waals surface area contributed by atoms with E-state index in [0.29, 0.717) is 34.7 Å². The average molecular weight is 384 g/mol. The van der Waals surface area contributed by atoms with E-state index in [9.17, 15) is 14.7 Å². The normalized spacial score (nSPS) is 16.1. The van der Waals surface area contributed by atoms with Gasteiger partial charge in [-0.25, -0.2) is 0 Å². The molecular weight excluding hydrogens is 366 g/mol. The topological polar surface area (TPSA) is 68.5 Å². The van der Waals surface area contributed by atoms with Crippen LogP contribution in [-0.2, 0) is 11.2 Å². The number of fused-ring (bicyclic) bond motifs is 3. The third-order valence-electron chi connectivity index (χ3n) is 5.16. The third-order valence-corrected chi connectivity index (χ3v) is 5.41. The summed E-state index contributed by atoms with van der Waals surface area (Å²) in [6.45, 7) is 0. The number of benzene rings is 2. The molecule has 1 heterocycles. The molecule has 0 saturated heterocycles. The summed E-state index contributed by atoms with van der Waals surface area (Å²) in [5.74, 6) is -1.04. The molecule has 0 fully saturated rings. The minimum Gasteiger partial charge on any atom is -0.497 e. The van der Waals surface area contributed by atoms with Crippen molar-refractivity contribution in [3.05, 3.63) is 64.3 Å². The summed E-state index contributed by atoms with van der Waals surface area (Å²) in [7, 11) is 1.57. The van der Waals surface area contributed by atoms with Crippen LogP contribution in [0.3, 0.4) is 0 Å². The van der Waals surface area contributed by atoms with Crippen molar-refractivity contribution in [1.82, 2.24) is 4.57 Å². The van der Waals surface area contributed by atoms with Gasteiger partial charge in [-0.2, -0.15) is 0 Å². The van der Waals surface area contributed by atoms with Crippen LogP contribution in [0.15, 0.2) is 42.5 Å². The van der Waals surface area contributed by atoms with Crippen molar-refractivity contribution in [3.63, 3.8) is 0 Å². The van der Waals surface area contributed by atoms with E-state index in [4.69, 9.17) is 16.3 Å². The Labute approximate surface area is 161 Å². The second kappa shape index (κ2) is 6.74. The molecule has 6 heteroatoms. The van der Waals surface area contributed by atoms with Crippen molar-refractivity contribution >= 4 is 34.4 Å². The van der Waals surface area contributed by atoms with Crippen LogP contribution in [0.4, 0.5) is 0 Å². The number of nitrogens with zero attached hydrogens (tertiary/aromatic N) is 1. The van der Waals surface area contributed by atoms with Crippen molar-refractivity contribution in [2.45, 2.75) is 25.2 Å². The average Bonchev–Trinajstić information content (AvgIpc) is 3.01. The first kappa shape index (κ1) is 17.6. The highest BCUT2D eigenvalue weighted by atomic mass is 35.5. The molecule has 0 bridgehead atoms. The summed E-state index contributed by atoms with van der Waals surface area (Å²) in [5.41, 5.74) is 2.71. The molecule has 1 atom stereocenters. The van der Waals surface area contributed by atoms with Gasteiger partial charge in [-0.1, -0.05) is 11.6 Å². The molecule has 1 aromatic heterocycles. The number of hydrogen-bond acceptors (Lipinski definition) is 3. The van der Waals surface area contributed by atoms with Gasteiger partial charge in [0.2, 0.25) is 0 Å². The van der Waals surface area contributed by atoms with Gasteiger partial charge in [0, 0.05) is 21.7 Å². The Bertz CT molecular complexity index is 1050. The second-order valence-electron chi connectivity index (χ2n) is 6.67. The Morgan fingerprint density at radius 1 is 1.19 bits per heavy atom. The lowest BCUT2D eigenvalue weighted by Gasteiger charge is -2.21. The van der Waals surface area contributed by atoms with Crippen LogP contribution in [-0.4, -0.2) is 28.7 Å². The fourth-order valence-electron chi connectivity index (χ4n) is 3.93. The number of rotatable bonds is 3. The largest absolute Gasteiger partial charge is 0.497 e. The van der Waals surface area contributed by atoms with Gasteiger partial charge in [0.25, 0.3) is 5.91 Å². The highest BCUT2D eigenvalue weighted by Gasteiger charge is 2.33. The summed E-state index contributed by atoms with van der Waals surface area (Å²) in [6.07, 6.45) is 1.95. The van der Waals surface area contributed by atoms with Crippen molar-refractivity contribution in [1.29, 1.82) is 0 Å². The third kappa shape index (κ3) is 2.88. The van der Waals surface area contributed by atoms with Crippen molar-refractivity contribution < 1.29 is 19.4 Å². The molecule has 3 aromatic rings. The van der Waals surface area contributed by atoms with Crippen LogP contribution < -0.4 is 4.74 Å². The van der Waals surface area contributed by atoms with Gasteiger partial charge in [-0.3, -0.25) is 14.2 Å². The zero-order valence-electron chi connectivity index (χ0n) is 14.7. The number of carboxylic acid groups (broad SMARTS) is 1. The summed E-state index contributed by atoms with van der Waals surface area (Å²) < 4.78 is 6.98. The van der Waals surface area contributed by atoms with Gasteiger partial charge >= 0.3 is 5.97 Å². The number of methoxy groups -OCH3 is 1. The van der Waals surface area contributed by atoms with E-state index < -0.39 is 11.9 Å². The van der Waals surface area contributed by atoms with Crippen LogP contribution in [0, 0.1) is 0 Å². The highest BCUT2D eigenvalue weighted by molar-refractivity contribution is 6.30. The summed E-state index contributed by atoms with van der Waals surface area (Å²) in [5, 5.41) is 11.0. The molecule has 5 nitrogen and oxygen atoms in total. The van der Waals surface area contributed by atoms with Crippen LogP contribution in [0.5, 0.6) is 5.75 Å². The van der Waals surface area contributed by atoms with Crippen molar-refractivity contribution in [2.75, 3.05) is 7.11 Å². The van der Waals surface area contributed by atoms with E-state index in [1.807, 2.05) is 12.1 Å². The summed E-state index contributed by atoms with van der Waals surface area (Å²) >= 11 is 5.94. The molecule has 1 aliphatic rings. The molecule has 0 saturated carbocycles. The van der Waals surface area contributed by atoms with E-state index in [2.05, 4.69) is 0 Å². The lowest BCUT2D eigenvalue weighted by molar-refractivity contribution is -0.139. The molecule has 0 aliphatic heterocycles. The fraction of sp³-hybridized carbons (Fsp3) is 0.238. The zero-order valence-corrected chi connectivity index (χ0v) is 15.5. The van der Waals surface area contributed by atoms with E-state index >= 15 is 0 Å². The van der Waals surface area contributed by atoms with Gasteiger partial charge in [0.15, 0.2) is 0 Å². The maximum Gasteiger partial charge on any atom is 0.311 e. The summed E-state index contributed by atoms with van der Waals surface area (Å²) in [6, 6.07) is 12.1. The van der Waals surface area contributed by atoms with E-state index in [0.717, 1.165) is 23.1 Å². The number of aliphatic carboxylic acids is 1. The first-order valence-corrected chi connectivity index (χ1v) is 9.13. The Morgan fingerprint density at radius 3 is 2.59 bits per heavy atom. The number of hydrogen-bond donors (Lipinski definition) is 1. The molecule has 1 unspecified atom stereocenters. The van der Waals surface area contributed by atoms with Gasteiger partial charge in [-0.05, 0) is 67.3 Å². The minimum absolute atomic E-state index is 0.186. The van der Waals surface area contributed by atoms with Crippen molar-refractivity contribution in [3.8, 4) is 5.75 Å². The number of carbonyl (C=O) groups excluding carboxylic acids is 1. The van der Waals surface area contributed by atoms with Gasteiger partial charge in [0.05, 0.1) is 18.5 Å². The van der Waals surface area contributed by atoms with Crippen LogP contribution in [0.2, 0.25) is 5.02 Å². The minimum atomic E-state index is -0.864. The fourth-order valence-corrected chi connectivity index (χ4v) is 4.05. The van der Waals surface area contributed by atoms with Gasteiger partial charge in [-0.15, -0.1) is 0 Å². The van der Waals surface area contributed by atoms with Crippen molar-refractivity contribution in [2.24, 2.45) is 0 Å². The smallest absolute Gasteiger partial charge is 0.311 e. The van der Waals surface area contributed by atoms with E-state index in [1.54, 1.807) is 42.0 Å². The SMILES string of the molecule is COc1ccc2c(c1)c1c(n2C(=O)c2ccc(Cl)cc2)CCCC1C(=O)O. The zero-order chi connectivity index (χ0) is 19.1. The first-order chi connectivity index (χ1) is 13.0. The Balaban J connectivity index is 1.99. The first-order valence-electron chi connectivity index (χ1n) is 8.75. The molecule has 4 rings (SSSR count). The molecule has 0 spiro atoms. The monoisotopic (exact) mass is 383 g/mol. The molecule has 0 amide bonds. The van der Waals surface area contributed by atoms with Crippen LogP contribution in [0.1, 0.15) is 40.4 Å². The van der Waals surface area contributed by atoms with E-state index in [-0.39, 0.29) is 5.91 Å². The summed E-state index contributed by atoms with van der Waals surface area (Å²) in [4.78, 5) is 25.1. The predicted octanol–water partition coefficient (Wildman–Crippen LogP) is 4.50. The lowest BCUT2D eigenvalue weighted by atomic mass is 9.85. The standard InChI is InChI=1S/C21H18ClNO4/c1-27-14-9-10-17-16(11-14)19-15(21(25)26)3-2-4-18(19)23(17)20(24)12-5-7-13(22)8-6-12/h5-11,15H,2-4H2,1H3,(H,25,26). The second-order valence-corrected chi connectivity index (χ2v) is 7.11. The Morgan fingerprint density at radius 2 is 1.93 bits per heavy atom. The molecule has 2 aromatic carbocycles. The number of halogens is 1. The molecule has 1 aliphatic carbocycles. The van der Waals surface area contributed by atoms with Gasteiger partial charge in [0.1, 0.15) is 5.75 Å².